The van der Waals surface area contributed by atoms with Gasteiger partial charge in [-0.25, -0.2) is 0 Å². The summed E-state index contributed by atoms with van der Waals surface area (Å²) in [6.07, 6.45) is 0. The number of carbonyl (C=O) groups is 2. The minimum Gasteiger partial charge on any atom is -0.366 e. The number of benzene rings is 2. The fourth-order valence-corrected chi connectivity index (χ4v) is 1.70. The molecule has 0 radical (unpaired) electrons. The second-order valence-corrected chi connectivity index (χ2v) is 4.78. The van der Waals surface area contributed by atoms with Crippen molar-refractivity contribution < 1.29 is 24.4 Å². The molecule has 0 bridgehead atoms. The quantitative estimate of drug-likeness (QED) is 0.570. The third kappa shape index (κ3) is 5.86. The second kappa shape index (κ2) is 8.61. The van der Waals surface area contributed by atoms with Crippen molar-refractivity contribution in [2.45, 2.75) is 0 Å². The smallest absolute Gasteiger partial charge is 0.277 e. The van der Waals surface area contributed by atoms with E-state index in [1.54, 1.807) is 0 Å². The van der Waals surface area contributed by atoms with Gasteiger partial charge in [0, 0.05) is 29.8 Å². The number of rotatable bonds is 5. The Morgan fingerprint density at radius 2 is 1.00 bits per heavy atom. The SMILES string of the molecule is NC(=O)c1cc([N+](=O)[O-])cc([N+](=O)[O-])c1.NC(=O)c1ccc([N+](=O)[O-])cc1. The number of nitro groups is 3. The Kier molecular flexibility index (Phi) is 6.58. The van der Waals surface area contributed by atoms with Crippen molar-refractivity contribution in [1.29, 1.82) is 0 Å². The van der Waals surface area contributed by atoms with Crippen LogP contribution in [0.5, 0.6) is 0 Å². The molecular formula is C14H11N5O8. The molecule has 0 spiro atoms. The van der Waals surface area contributed by atoms with Gasteiger partial charge >= 0.3 is 0 Å². The monoisotopic (exact) mass is 377 g/mol. The van der Waals surface area contributed by atoms with E-state index in [9.17, 15) is 39.9 Å². The summed E-state index contributed by atoms with van der Waals surface area (Å²) in [7, 11) is 0. The van der Waals surface area contributed by atoms with Gasteiger partial charge in [-0.1, -0.05) is 0 Å². The van der Waals surface area contributed by atoms with Crippen molar-refractivity contribution in [2.24, 2.45) is 11.5 Å². The second-order valence-electron chi connectivity index (χ2n) is 4.78. The molecule has 2 aromatic rings. The van der Waals surface area contributed by atoms with Crippen LogP contribution in [0, 0.1) is 30.3 Å². The molecule has 2 rings (SSSR count). The fraction of sp³-hybridized carbons (Fsp3) is 0. The minimum absolute atomic E-state index is 0.0556. The van der Waals surface area contributed by atoms with Crippen LogP contribution >= 0.6 is 0 Å². The highest BCUT2D eigenvalue weighted by atomic mass is 16.6. The number of primary amides is 2. The van der Waals surface area contributed by atoms with Crippen molar-refractivity contribution in [3.63, 3.8) is 0 Å². The minimum atomic E-state index is -0.957. The Balaban J connectivity index is 0.000000277. The number of nitro benzene ring substituents is 3. The fourth-order valence-electron chi connectivity index (χ4n) is 1.70. The summed E-state index contributed by atoms with van der Waals surface area (Å²) in [6.45, 7) is 0. The molecule has 0 aliphatic carbocycles. The Bertz CT molecular complexity index is 814. The summed E-state index contributed by atoms with van der Waals surface area (Å²) in [6, 6.07) is 7.64. The normalized spacial score (nSPS) is 9.48. The topological polar surface area (TPSA) is 216 Å². The van der Waals surface area contributed by atoms with Gasteiger partial charge in [0.25, 0.3) is 17.1 Å². The van der Waals surface area contributed by atoms with Crippen molar-refractivity contribution in [3.05, 3.63) is 83.9 Å². The van der Waals surface area contributed by atoms with Crippen molar-refractivity contribution >= 4 is 28.9 Å². The van der Waals surface area contributed by atoms with Gasteiger partial charge in [0.05, 0.1) is 26.4 Å². The first-order valence-electron chi connectivity index (χ1n) is 6.81. The van der Waals surface area contributed by atoms with Crippen LogP contribution in [0.1, 0.15) is 20.7 Å². The van der Waals surface area contributed by atoms with Crippen LogP contribution in [0.15, 0.2) is 42.5 Å². The summed E-state index contributed by atoms with van der Waals surface area (Å²) < 4.78 is 0. The Labute approximate surface area is 149 Å². The van der Waals surface area contributed by atoms with Gasteiger partial charge in [-0.05, 0) is 12.1 Å². The summed E-state index contributed by atoms with van der Waals surface area (Å²) in [5, 5.41) is 30.9. The van der Waals surface area contributed by atoms with Gasteiger partial charge in [-0.2, -0.15) is 0 Å². The molecule has 140 valence electrons. The van der Waals surface area contributed by atoms with Gasteiger partial charge < -0.3 is 11.5 Å². The highest BCUT2D eigenvalue weighted by molar-refractivity contribution is 5.94. The van der Waals surface area contributed by atoms with Gasteiger partial charge in [0.2, 0.25) is 11.8 Å². The molecule has 0 fully saturated rings. The van der Waals surface area contributed by atoms with Crippen LogP contribution in [0.4, 0.5) is 17.1 Å². The largest absolute Gasteiger partial charge is 0.366 e. The van der Waals surface area contributed by atoms with Gasteiger partial charge in [0.15, 0.2) is 0 Å². The van der Waals surface area contributed by atoms with E-state index in [0.717, 1.165) is 18.2 Å². The maximum atomic E-state index is 10.7. The maximum absolute atomic E-state index is 10.7. The van der Waals surface area contributed by atoms with Gasteiger partial charge in [-0.3, -0.25) is 39.9 Å². The zero-order valence-corrected chi connectivity index (χ0v) is 13.3. The lowest BCUT2D eigenvalue weighted by Gasteiger charge is -1.96. The van der Waals surface area contributed by atoms with Crippen molar-refractivity contribution in [2.75, 3.05) is 0 Å². The van der Waals surface area contributed by atoms with Crippen LogP contribution in [0.25, 0.3) is 0 Å². The number of hydrogen-bond acceptors (Lipinski definition) is 8. The standard InChI is InChI=1S/C7H5N3O5.C7H6N2O3/c8-7(11)4-1-5(9(12)13)3-6(2-4)10(14)15;8-7(10)5-1-3-6(4-2-5)9(11)12/h1-3H,(H2,8,11);1-4H,(H2,8,10). The molecule has 0 unspecified atom stereocenters. The lowest BCUT2D eigenvalue weighted by Crippen LogP contribution is -2.11. The molecule has 0 aromatic heterocycles. The molecule has 0 aliphatic rings. The summed E-state index contributed by atoms with van der Waals surface area (Å²) in [4.78, 5) is 50.0. The number of amides is 2. The van der Waals surface area contributed by atoms with Crippen molar-refractivity contribution in [3.8, 4) is 0 Å². The lowest BCUT2D eigenvalue weighted by atomic mass is 10.1. The van der Waals surface area contributed by atoms with Crippen LogP contribution in [-0.4, -0.2) is 26.6 Å². The predicted octanol–water partition coefficient (Wildman–Crippen LogP) is 1.30. The lowest BCUT2D eigenvalue weighted by molar-refractivity contribution is -0.394. The Hall–Kier alpha value is -4.42. The van der Waals surface area contributed by atoms with E-state index >= 15 is 0 Å². The maximum Gasteiger partial charge on any atom is 0.277 e. The van der Waals surface area contributed by atoms with E-state index in [2.05, 4.69) is 0 Å². The molecule has 13 nitrogen and oxygen atoms in total. The molecule has 2 amide bonds. The van der Waals surface area contributed by atoms with E-state index in [4.69, 9.17) is 11.5 Å². The molecule has 0 heterocycles. The number of carbonyl (C=O) groups excluding carboxylic acids is 2. The number of hydrogen-bond donors (Lipinski definition) is 2. The Morgan fingerprint density at radius 1 is 0.630 bits per heavy atom. The first kappa shape index (κ1) is 20.6. The van der Waals surface area contributed by atoms with Crippen LogP contribution in [0.3, 0.4) is 0 Å². The summed E-state index contributed by atoms with van der Waals surface area (Å²) >= 11 is 0. The van der Waals surface area contributed by atoms with E-state index in [1.165, 1.54) is 24.3 Å². The predicted molar refractivity (Wildman–Crippen MR) is 89.9 cm³/mol. The first-order valence-corrected chi connectivity index (χ1v) is 6.81. The summed E-state index contributed by atoms with van der Waals surface area (Å²) in [5.41, 5.74) is 8.65. The molecule has 0 saturated heterocycles. The average Bonchev–Trinajstić information content (AvgIpc) is 2.61. The van der Waals surface area contributed by atoms with Crippen LogP contribution in [0.2, 0.25) is 0 Å². The van der Waals surface area contributed by atoms with E-state index in [0.29, 0.717) is 0 Å². The third-order valence-corrected chi connectivity index (χ3v) is 2.97. The molecule has 13 heteroatoms. The highest BCUT2D eigenvalue weighted by Gasteiger charge is 2.18. The highest BCUT2D eigenvalue weighted by Crippen LogP contribution is 2.22. The first-order chi connectivity index (χ1) is 12.5. The number of non-ortho nitro benzene ring substituents is 3. The zero-order valence-electron chi connectivity index (χ0n) is 13.3. The summed E-state index contributed by atoms with van der Waals surface area (Å²) in [5.74, 6) is -1.55. The molecule has 27 heavy (non-hydrogen) atoms. The van der Waals surface area contributed by atoms with Gasteiger partial charge in [0.1, 0.15) is 0 Å². The van der Waals surface area contributed by atoms with Crippen LogP contribution in [-0.2, 0) is 0 Å². The third-order valence-electron chi connectivity index (χ3n) is 2.97. The Morgan fingerprint density at radius 3 is 1.30 bits per heavy atom. The van der Waals surface area contributed by atoms with Crippen LogP contribution < -0.4 is 11.5 Å². The molecule has 4 N–H and O–H groups in total. The number of nitrogens with zero attached hydrogens (tertiary/aromatic N) is 3. The van der Waals surface area contributed by atoms with Crippen molar-refractivity contribution in [1.82, 2.24) is 0 Å². The zero-order chi connectivity index (χ0) is 20.7. The molecule has 2 aromatic carbocycles. The average molecular weight is 377 g/mol. The molecule has 0 atom stereocenters. The van der Waals surface area contributed by atoms with E-state index < -0.39 is 38.0 Å². The number of nitrogens with two attached hydrogens (primary N) is 2. The molecule has 0 aliphatic heterocycles. The van der Waals surface area contributed by atoms with Gasteiger partial charge in [-0.15, -0.1) is 0 Å². The van der Waals surface area contributed by atoms with E-state index in [1.807, 2.05) is 0 Å². The molecule has 0 saturated carbocycles. The van der Waals surface area contributed by atoms with E-state index in [-0.39, 0.29) is 16.8 Å². The molecular weight excluding hydrogens is 366 g/mol.